The van der Waals surface area contributed by atoms with Crippen LogP contribution in [0.5, 0.6) is 0 Å². The maximum Gasteiger partial charge on any atom is 0.152 e. The summed E-state index contributed by atoms with van der Waals surface area (Å²) in [5.41, 5.74) is 0. The van der Waals surface area contributed by atoms with Gasteiger partial charge in [-0.15, -0.1) is 0 Å². The van der Waals surface area contributed by atoms with Crippen molar-refractivity contribution in [2.45, 2.75) is 0 Å². The zero-order valence-electron chi connectivity index (χ0n) is 6.63. The van der Waals surface area contributed by atoms with E-state index in [1.54, 1.807) is 0 Å². The van der Waals surface area contributed by atoms with Crippen LogP contribution in [0.2, 0.25) is 0 Å². The molecule has 0 saturated carbocycles. The lowest BCUT2D eigenvalue weighted by molar-refractivity contribution is 0.501. The van der Waals surface area contributed by atoms with E-state index >= 15 is 0 Å². The maximum absolute atomic E-state index is 11.8. The Balaban J connectivity index is 2.57. The van der Waals surface area contributed by atoms with Gasteiger partial charge in [-0.25, -0.2) is 0 Å². The molecule has 0 aromatic heterocycles. The topological polar surface area (TPSA) is 32.3 Å². The van der Waals surface area contributed by atoms with Crippen LogP contribution in [-0.4, -0.2) is 44.2 Å². The molecule has 0 aromatic rings. The van der Waals surface area contributed by atoms with E-state index in [1.165, 1.54) is 0 Å². The van der Waals surface area contributed by atoms with E-state index in [1.807, 2.05) is 18.8 Å². The Bertz CT molecular complexity index is 148. The molecule has 0 aliphatic carbocycles. The zero-order chi connectivity index (χ0) is 7.61. The van der Waals surface area contributed by atoms with E-state index in [2.05, 4.69) is 5.32 Å². The van der Waals surface area contributed by atoms with Gasteiger partial charge in [0, 0.05) is 25.4 Å². The highest BCUT2D eigenvalue weighted by molar-refractivity contribution is 7.61. The Morgan fingerprint density at radius 1 is 1.30 bits per heavy atom. The molecule has 1 heterocycles. The number of hydrogen-bond acceptors (Lipinski definition) is 2. The average Bonchev–Trinajstić information content (AvgIpc) is 1.89. The van der Waals surface area contributed by atoms with Crippen molar-refractivity contribution >= 4 is 7.29 Å². The third-order valence-electron chi connectivity index (χ3n) is 2.00. The molecule has 0 bridgehead atoms. The van der Waals surface area contributed by atoms with Gasteiger partial charge >= 0.3 is 0 Å². The molecule has 0 spiro atoms. The molecular weight excluding hydrogens is 147 g/mol. The zero-order valence-corrected chi connectivity index (χ0v) is 7.53. The Labute approximate surface area is 62.2 Å². The molecule has 0 aromatic carbocycles. The first kappa shape index (κ1) is 8.25. The smallest absolute Gasteiger partial charge is 0.152 e. The lowest BCUT2D eigenvalue weighted by Crippen LogP contribution is -2.32. The molecule has 1 fully saturated rings. The van der Waals surface area contributed by atoms with Crippen molar-refractivity contribution in [1.82, 2.24) is 9.99 Å². The minimum absolute atomic E-state index is 0.833. The molecular formula is C6H15N2OP. The summed E-state index contributed by atoms with van der Waals surface area (Å²) in [7, 11) is 1.90. The summed E-state index contributed by atoms with van der Waals surface area (Å²) in [4.78, 5) is 0. The first-order valence-electron chi connectivity index (χ1n) is 3.62. The fourth-order valence-electron chi connectivity index (χ4n) is 1.14. The van der Waals surface area contributed by atoms with Gasteiger partial charge in [0.1, 0.15) is 0 Å². The highest BCUT2D eigenvalue weighted by Crippen LogP contribution is 2.47. The van der Waals surface area contributed by atoms with Gasteiger partial charge in [-0.1, -0.05) is 0 Å². The number of hydrogen-bond donors (Lipinski definition) is 1. The lowest BCUT2D eigenvalue weighted by Gasteiger charge is -2.28. The molecule has 0 amide bonds. The Kier molecular flexibility index (Phi) is 2.50. The summed E-state index contributed by atoms with van der Waals surface area (Å²) in [5.74, 6) is 0. The summed E-state index contributed by atoms with van der Waals surface area (Å²) in [6.45, 7) is 1.82. The number of nitrogens with one attached hydrogen (secondary N) is 1. The van der Waals surface area contributed by atoms with Gasteiger partial charge in [0.2, 0.25) is 0 Å². The monoisotopic (exact) mass is 162 g/mol. The molecule has 1 N–H and O–H groups in total. The quantitative estimate of drug-likeness (QED) is 0.567. The van der Waals surface area contributed by atoms with Crippen LogP contribution in [0.3, 0.4) is 0 Å². The van der Waals surface area contributed by atoms with Crippen LogP contribution in [-0.2, 0) is 4.57 Å². The molecule has 4 heteroatoms. The van der Waals surface area contributed by atoms with E-state index < -0.39 is 7.29 Å². The van der Waals surface area contributed by atoms with Crippen molar-refractivity contribution in [3.8, 4) is 0 Å². The number of nitrogens with zero attached hydrogens (tertiary/aromatic N) is 1. The van der Waals surface area contributed by atoms with E-state index in [-0.39, 0.29) is 0 Å². The summed E-state index contributed by atoms with van der Waals surface area (Å²) in [5, 5.41) is 3.20. The second-order valence-corrected chi connectivity index (χ2v) is 6.28. The summed E-state index contributed by atoms with van der Waals surface area (Å²) in [6.07, 6.45) is 1.67. The Morgan fingerprint density at radius 3 is 2.10 bits per heavy atom. The largest absolute Gasteiger partial charge is 0.316 e. The average molecular weight is 162 g/mol. The van der Waals surface area contributed by atoms with Crippen molar-refractivity contribution < 1.29 is 4.57 Å². The second-order valence-electron chi connectivity index (χ2n) is 2.89. The van der Waals surface area contributed by atoms with Gasteiger partial charge < -0.3 is 9.88 Å². The van der Waals surface area contributed by atoms with Gasteiger partial charge in [0.25, 0.3) is 0 Å². The van der Waals surface area contributed by atoms with Crippen LogP contribution < -0.4 is 5.32 Å². The Morgan fingerprint density at radius 2 is 1.80 bits per heavy atom. The molecule has 10 heavy (non-hydrogen) atoms. The van der Waals surface area contributed by atoms with Crippen LogP contribution in [0.15, 0.2) is 0 Å². The van der Waals surface area contributed by atoms with E-state index in [0.29, 0.717) is 0 Å². The second kappa shape index (κ2) is 3.04. The number of rotatable bonds is 1. The van der Waals surface area contributed by atoms with Crippen LogP contribution in [0, 0.1) is 0 Å². The van der Waals surface area contributed by atoms with Gasteiger partial charge in [-0.3, -0.25) is 4.67 Å². The fourth-order valence-corrected chi connectivity index (χ4v) is 3.18. The third-order valence-corrected chi connectivity index (χ3v) is 5.31. The van der Waals surface area contributed by atoms with Crippen LogP contribution in [0.25, 0.3) is 0 Å². The first-order chi connectivity index (χ1) is 4.65. The van der Waals surface area contributed by atoms with Gasteiger partial charge in [-0.2, -0.15) is 0 Å². The SMILES string of the molecule is CN(C)P1(=O)CCNCC1. The highest BCUT2D eigenvalue weighted by Gasteiger charge is 2.26. The molecule has 0 unspecified atom stereocenters. The normalized spacial score (nSPS) is 25.1. The van der Waals surface area contributed by atoms with Gasteiger partial charge in [-0.05, 0) is 14.1 Å². The maximum atomic E-state index is 11.8. The lowest BCUT2D eigenvalue weighted by atomic mass is 10.6. The molecule has 0 atom stereocenters. The Hall–Kier alpha value is 0.150. The van der Waals surface area contributed by atoms with Crippen molar-refractivity contribution in [2.24, 2.45) is 0 Å². The summed E-state index contributed by atoms with van der Waals surface area (Å²) < 4.78 is 13.7. The third kappa shape index (κ3) is 1.60. The first-order valence-corrected chi connectivity index (χ1v) is 5.65. The van der Waals surface area contributed by atoms with Gasteiger partial charge in [0.15, 0.2) is 7.29 Å². The van der Waals surface area contributed by atoms with Crippen LogP contribution >= 0.6 is 7.29 Å². The van der Waals surface area contributed by atoms with Crippen molar-refractivity contribution in [1.29, 1.82) is 0 Å². The van der Waals surface area contributed by atoms with E-state index in [9.17, 15) is 4.57 Å². The van der Waals surface area contributed by atoms with Gasteiger partial charge in [0.05, 0.1) is 0 Å². The predicted octanol–water partition coefficient (Wildman–Crippen LogP) is 0.429. The van der Waals surface area contributed by atoms with Crippen LogP contribution in [0.1, 0.15) is 0 Å². The minimum Gasteiger partial charge on any atom is -0.316 e. The van der Waals surface area contributed by atoms with Crippen molar-refractivity contribution in [3.05, 3.63) is 0 Å². The molecule has 1 aliphatic heterocycles. The van der Waals surface area contributed by atoms with Crippen molar-refractivity contribution in [3.63, 3.8) is 0 Å². The molecule has 1 rings (SSSR count). The predicted molar refractivity (Wildman–Crippen MR) is 43.9 cm³/mol. The standard InChI is InChI=1S/C6H15N2OP/c1-8(2)10(9)5-3-7-4-6-10/h7H,3-6H2,1-2H3. The summed E-state index contributed by atoms with van der Waals surface area (Å²) in [6, 6.07) is 0. The highest BCUT2D eigenvalue weighted by atomic mass is 31.2. The van der Waals surface area contributed by atoms with Crippen LogP contribution in [0.4, 0.5) is 0 Å². The summed E-state index contributed by atoms with van der Waals surface area (Å²) >= 11 is 0. The van der Waals surface area contributed by atoms with E-state index in [4.69, 9.17) is 0 Å². The van der Waals surface area contributed by atoms with E-state index in [0.717, 1.165) is 25.4 Å². The van der Waals surface area contributed by atoms with Crippen molar-refractivity contribution in [2.75, 3.05) is 39.5 Å². The molecule has 0 radical (unpaired) electrons. The molecule has 3 nitrogen and oxygen atoms in total. The fraction of sp³-hybridized carbons (Fsp3) is 1.00. The molecule has 1 saturated heterocycles. The minimum atomic E-state index is -1.91. The molecule has 1 aliphatic rings. The molecule has 60 valence electrons.